The lowest BCUT2D eigenvalue weighted by atomic mass is 9.73. The Morgan fingerprint density at radius 1 is 0.953 bits per heavy atom. The van der Waals surface area contributed by atoms with Gasteiger partial charge in [0.1, 0.15) is 17.8 Å². The van der Waals surface area contributed by atoms with Crippen molar-refractivity contribution in [2.45, 2.75) is 37.7 Å². The van der Waals surface area contributed by atoms with Crippen LogP contribution in [0.2, 0.25) is 0 Å². The van der Waals surface area contributed by atoms with Crippen LogP contribution in [0.1, 0.15) is 35.4 Å². The number of nitrogens with zero attached hydrogens (tertiary/aromatic N) is 3. The van der Waals surface area contributed by atoms with Gasteiger partial charge in [0.15, 0.2) is 11.5 Å². The summed E-state index contributed by atoms with van der Waals surface area (Å²) in [6.07, 6.45) is 1.35. The first-order valence-corrected chi connectivity index (χ1v) is 14.4. The molecule has 10 heteroatoms. The molecule has 2 atom stereocenters. The molecule has 222 valence electrons. The number of hydrogen-bond acceptors (Lipinski definition) is 9. The molecule has 1 fully saturated rings. The summed E-state index contributed by atoms with van der Waals surface area (Å²) in [4.78, 5) is 38.0. The van der Waals surface area contributed by atoms with Crippen molar-refractivity contribution in [1.29, 1.82) is 0 Å². The number of primary amides is 1. The molecule has 2 heterocycles. The topological polar surface area (TPSA) is 143 Å². The minimum atomic E-state index is -0.798. The third kappa shape index (κ3) is 5.29. The molecule has 1 aliphatic carbocycles. The lowest BCUT2D eigenvalue weighted by Crippen LogP contribution is -2.48. The molecule has 0 spiro atoms. The van der Waals surface area contributed by atoms with E-state index in [2.05, 4.69) is 4.98 Å². The van der Waals surface area contributed by atoms with Crippen LogP contribution in [-0.2, 0) is 27.2 Å². The lowest BCUT2D eigenvalue weighted by Gasteiger charge is -2.41. The molecule has 0 saturated carbocycles. The summed E-state index contributed by atoms with van der Waals surface area (Å²) in [7, 11) is 3.14. The molecule has 4 N–H and O–H groups in total. The SMILES string of the molecule is COc1cc2nc(N3CCC(Cc4ccccc4)(C(=O)OC4Cc5ccccc5C4C(N)=O)CC3)nc(N)c2cc1OC. The smallest absolute Gasteiger partial charge is 0.312 e. The van der Waals surface area contributed by atoms with E-state index in [4.69, 9.17) is 30.7 Å². The van der Waals surface area contributed by atoms with Crippen molar-refractivity contribution in [3.8, 4) is 11.5 Å². The highest BCUT2D eigenvalue weighted by atomic mass is 16.5. The third-order valence-electron chi connectivity index (χ3n) is 8.79. The number of anilines is 2. The first-order chi connectivity index (χ1) is 20.8. The lowest BCUT2D eigenvalue weighted by molar-refractivity contribution is -0.164. The molecule has 4 aromatic rings. The number of benzene rings is 3. The van der Waals surface area contributed by atoms with Crippen molar-refractivity contribution in [2.75, 3.05) is 37.9 Å². The number of fused-ring (bicyclic) bond motifs is 2. The van der Waals surface area contributed by atoms with Crippen LogP contribution in [0.25, 0.3) is 10.9 Å². The Morgan fingerprint density at radius 2 is 1.63 bits per heavy atom. The number of nitrogen functional groups attached to an aromatic ring is 1. The van der Waals surface area contributed by atoms with E-state index in [1.54, 1.807) is 26.4 Å². The molecule has 3 aromatic carbocycles. The van der Waals surface area contributed by atoms with Crippen molar-refractivity contribution >= 4 is 34.5 Å². The molecule has 1 aliphatic heterocycles. The molecule has 1 amide bonds. The normalized spacial score (nSPS) is 19.1. The summed E-state index contributed by atoms with van der Waals surface area (Å²) in [5.74, 6) is 0.443. The van der Waals surface area contributed by atoms with Gasteiger partial charge in [0.05, 0.1) is 25.2 Å². The van der Waals surface area contributed by atoms with Gasteiger partial charge in [0.2, 0.25) is 11.9 Å². The van der Waals surface area contributed by atoms with Crippen LogP contribution < -0.4 is 25.8 Å². The fraction of sp³-hybridized carbons (Fsp3) is 0.333. The van der Waals surface area contributed by atoms with Crippen LogP contribution in [0.15, 0.2) is 66.7 Å². The molecule has 0 bridgehead atoms. The Bertz CT molecular complexity index is 1670. The molecule has 2 unspecified atom stereocenters. The van der Waals surface area contributed by atoms with Crippen molar-refractivity contribution in [1.82, 2.24) is 9.97 Å². The average Bonchev–Trinajstić information content (AvgIpc) is 3.39. The van der Waals surface area contributed by atoms with Gasteiger partial charge in [-0.05, 0) is 42.0 Å². The van der Waals surface area contributed by atoms with Gasteiger partial charge in [-0.2, -0.15) is 4.98 Å². The molecular formula is C33H35N5O5. The molecule has 1 aromatic heterocycles. The maximum atomic E-state index is 14.1. The Labute approximate surface area is 250 Å². The van der Waals surface area contributed by atoms with Crippen LogP contribution in [0, 0.1) is 5.41 Å². The molecule has 43 heavy (non-hydrogen) atoms. The van der Waals surface area contributed by atoms with Gasteiger partial charge in [0, 0.05) is 31.0 Å². The summed E-state index contributed by atoms with van der Waals surface area (Å²) < 4.78 is 17.1. The summed E-state index contributed by atoms with van der Waals surface area (Å²) >= 11 is 0. The maximum Gasteiger partial charge on any atom is 0.312 e. The number of nitrogens with two attached hydrogens (primary N) is 2. The van der Waals surface area contributed by atoms with Crippen LogP contribution in [0.4, 0.5) is 11.8 Å². The zero-order chi connectivity index (χ0) is 30.1. The van der Waals surface area contributed by atoms with Crippen LogP contribution in [-0.4, -0.2) is 55.3 Å². The Morgan fingerprint density at radius 3 is 2.33 bits per heavy atom. The minimum absolute atomic E-state index is 0.309. The van der Waals surface area contributed by atoms with Gasteiger partial charge in [-0.15, -0.1) is 0 Å². The third-order valence-corrected chi connectivity index (χ3v) is 8.79. The number of ether oxygens (including phenoxy) is 3. The Hall–Kier alpha value is -4.86. The van der Waals surface area contributed by atoms with Gasteiger partial charge < -0.3 is 30.6 Å². The molecular weight excluding hydrogens is 546 g/mol. The maximum absolute atomic E-state index is 14.1. The quantitative estimate of drug-likeness (QED) is 0.297. The van der Waals surface area contributed by atoms with Gasteiger partial charge in [-0.1, -0.05) is 54.6 Å². The van der Waals surface area contributed by atoms with E-state index >= 15 is 0 Å². The first-order valence-electron chi connectivity index (χ1n) is 14.4. The van der Waals surface area contributed by atoms with E-state index in [9.17, 15) is 9.59 Å². The second-order valence-corrected chi connectivity index (χ2v) is 11.3. The number of carbonyl (C=O) groups excluding carboxylic acids is 2. The van der Waals surface area contributed by atoms with Crippen LogP contribution >= 0.6 is 0 Å². The summed E-state index contributed by atoms with van der Waals surface area (Å²) in [5, 5.41) is 0.668. The average molecular weight is 582 g/mol. The van der Waals surface area contributed by atoms with Gasteiger partial charge >= 0.3 is 5.97 Å². The van der Waals surface area contributed by atoms with Gasteiger partial charge in [0.25, 0.3) is 0 Å². The summed E-state index contributed by atoms with van der Waals surface area (Å²) in [6, 6.07) is 21.1. The first kappa shape index (κ1) is 28.3. The Balaban J connectivity index is 1.26. The van der Waals surface area contributed by atoms with Crippen LogP contribution in [0.3, 0.4) is 0 Å². The van der Waals surface area contributed by atoms with E-state index in [1.165, 1.54) is 0 Å². The van der Waals surface area contributed by atoms with Crippen molar-refractivity contribution in [3.63, 3.8) is 0 Å². The fourth-order valence-electron chi connectivity index (χ4n) is 6.45. The highest BCUT2D eigenvalue weighted by molar-refractivity contribution is 5.92. The molecule has 10 nitrogen and oxygen atoms in total. The number of methoxy groups -OCH3 is 2. The number of amides is 1. The molecule has 6 rings (SSSR count). The largest absolute Gasteiger partial charge is 0.493 e. The van der Waals surface area contributed by atoms with E-state index < -0.39 is 23.3 Å². The van der Waals surface area contributed by atoms with Crippen molar-refractivity contribution < 1.29 is 23.8 Å². The predicted octanol–water partition coefficient (Wildman–Crippen LogP) is 3.80. The van der Waals surface area contributed by atoms with E-state index in [0.29, 0.717) is 72.9 Å². The predicted molar refractivity (Wildman–Crippen MR) is 163 cm³/mol. The molecule has 2 aliphatic rings. The number of piperidine rings is 1. The summed E-state index contributed by atoms with van der Waals surface area (Å²) in [5.41, 5.74) is 14.9. The van der Waals surface area contributed by atoms with E-state index in [1.807, 2.05) is 59.5 Å². The zero-order valence-electron chi connectivity index (χ0n) is 24.3. The number of esters is 1. The Kier molecular flexibility index (Phi) is 7.52. The minimum Gasteiger partial charge on any atom is -0.493 e. The monoisotopic (exact) mass is 581 g/mol. The van der Waals surface area contributed by atoms with E-state index in [0.717, 1.165) is 16.7 Å². The highest BCUT2D eigenvalue weighted by Crippen LogP contribution is 2.42. The molecule has 1 saturated heterocycles. The highest BCUT2D eigenvalue weighted by Gasteiger charge is 2.47. The molecule has 0 radical (unpaired) electrons. The van der Waals surface area contributed by atoms with Crippen molar-refractivity contribution in [2.24, 2.45) is 11.1 Å². The van der Waals surface area contributed by atoms with Crippen LogP contribution in [0.5, 0.6) is 11.5 Å². The number of hydrogen-bond donors (Lipinski definition) is 2. The number of rotatable bonds is 8. The van der Waals surface area contributed by atoms with Crippen molar-refractivity contribution in [3.05, 3.63) is 83.4 Å². The van der Waals surface area contributed by atoms with Gasteiger partial charge in [-0.25, -0.2) is 4.98 Å². The van der Waals surface area contributed by atoms with Gasteiger partial charge in [-0.3, -0.25) is 9.59 Å². The zero-order valence-corrected chi connectivity index (χ0v) is 24.3. The van der Waals surface area contributed by atoms with E-state index in [-0.39, 0.29) is 5.97 Å². The summed E-state index contributed by atoms with van der Waals surface area (Å²) in [6.45, 7) is 1.04. The second-order valence-electron chi connectivity index (χ2n) is 11.3. The standard InChI is InChI=1S/C33H35N5O5/c1-41-25-17-23-24(18-26(25)42-2)36-32(37-29(23)34)38-14-12-33(13-15-38,19-20-8-4-3-5-9-20)31(40)43-27-16-21-10-6-7-11-22(21)28(27)30(35)39/h3-11,17-18,27-28H,12-16,19H2,1-2H3,(H2,35,39)(H2,34,36,37). The number of aromatic nitrogens is 2. The number of carbonyl (C=O) groups is 2. The fourth-order valence-corrected chi connectivity index (χ4v) is 6.45. The second kappa shape index (κ2) is 11.4.